The smallest absolute Gasteiger partial charge is 0.257 e. The van der Waals surface area contributed by atoms with Crippen LogP contribution in [0.3, 0.4) is 0 Å². The van der Waals surface area contributed by atoms with E-state index in [0.717, 1.165) is 18.8 Å². The molecule has 3 heterocycles. The molecule has 0 radical (unpaired) electrons. The Kier molecular flexibility index (Phi) is 4.24. The monoisotopic (exact) mass is 310 g/mol. The van der Waals surface area contributed by atoms with Crippen molar-refractivity contribution in [3.05, 3.63) is 41.9 Å². The molecule has 0 bridgehead atoms. The quantitative estimate of drug-likeness (QED) is 0.828. The van der Waals surface area contributed by atoms with Gasteiger partial charge in [0.2, 0.25) is 0 Å². The number of carbonyl (C=O) groups is 1. The molecule has 0 aliphatic carbocycles. The summed E-state index contributed by atoms with van der Waals surface area (Å²) in [6.45, 7) is 2.86. The zero-order valence-corrected chi connectivity index (χ0v) is 13.0. The van der Waals surface area contributed by atoms with E-state index in [0.29, 0.717) is 30.9 Å². The van der Waals surface area contributed by atoms with Crippen LogP contribution < -0.4 is 4.90 Å². The van der Waals surface area contributed by atoms with E-state index in [1.165, 1.54) is 0 Å². The van der Waals surface area contributed by atoms with Gasteiger partial charge in [0.05, 0.1) is 11.8 Å². The van der Waals surface area contributed by atoms with Crippen molar-refractivity contribution >= 4 is 11.7 Å². The van der Waals surface area contributed by atoms with E-state index in [9.17, 15) is 4.79 Å². The second kappa shape index (κ2) is 6.48. The van der Waals surface area contributed by atoms with Gasteiger partial charge in [0, 0.05) is 39.4 Å². The summed E-state index contributed by atoms with van der Waals surface area (Å²) in [7, 11) is 1.80. The maximum atomic E-state index is 12.5. The molecular weight excluding hydrogens is 292 g/mol. The van der Waals surface area contributed by atoms with E-state index in [4.69, 9.17) is 5.26 Å². The maximum absolute atomic E-state index is 12.5. The second-order valence-electron chi connectivity index (χ2n) is 5.53. The van der Waals surface area contributed by atoms with E-state index in [2.05, 4.69) is 21.1 Å². The molecule has 1 aliphatic heterocycles. The summed E-state index contributed by atoms with van der Waals surface area (Å²) in [6.07, 6.45) is 4.20. The van der Waals surface area contributed by atoms with Crippen LogP contribution in [0, 0.1) is 11.3 Å². The summed E-state index contributed by atoms with van der Waals surface area (Å²) in [4.78, 5) is 20.8. The third kappa shape index (κ3) is 3.31. The summed E-state index contributed by atoms with van der Waals surface area (Å²) in [6, 6.07) is 7.50. The lowest BCUT2D eigenvalue weighted by molar-refractivity contribution is 0.0767. The van der Waals surface area contributed by atoms with Gasteiger partial charge >= 0.3 is 0 Å². The van der Waals surface area contributed by atoms with E-state index >= 15 is 0 Å². The first-order chi connectivity index (χ1) is 11.2. The lowest BCUT2D eigenvalue weighted by atomic mass is 10.3. The topological polar surface area (TPSA) is 78.0 Å². The second-order valence-corrected chi connectivity index (χ2v) is 5.53. The van der Waals surface area contributed by atoms with Crippen LogP contribution in [0.4, 0.5) is 5.82 Å². The zero-order chi connectivity index (χ0) is 16.2. The van der Waals surface area contributed by atoms with Gasteiger partial charge in [-0.1, -0.05) is 6.07 Å². The molecule has 0 spiro atoms. The number of aromatic nitrogens is 3. The van der Waals surface area contributed by atoms with Gasteiger partial charge in [-0.2, -0.15) is 10.4 Å². The van der Waals surface area contributed by atoms with Crippen molar-refractivity contribution in [1.29, 1.82) is 5.26 Å². The molecular formula is C16H18N6O. The fourth-order valence-electron chi connectivity index (χ4n) is 2.73. The van der Waals surface area contributed by atoms with Gasteiger partial charge in [0.1, 0.15) is 17.6 Å². The van der Waals surface area contributed by atoms with Crippen LogP contribution in [0.5, 0.6) is 0 Å². The first kappa shape index (κ1) is 15.0. The predicted octanol–water partition coefficient (Wildman–Crippen LogP) is 1.04. The Balaban J connectivity index is 1.69. The Bertz CT molecular complexity index is 747. The molecule has 0 aromatic carbocycles. The van der Waals surface area contributed by atoms with E-state index < -0.39 is 0 Å². The van der Waals surface area contributed by atoms with E-state index in [-0.39, 0.29) is 5.91 Å². The highest BCUT2D eigenvalue weighted by molar-refractivity contribution is 5.93. The average molecular weight is 310 g/mol. The Labute approximate surface area is 134 Å². The standard InChI is InChI=1S/C16H18N6O/c1-20-12-13(11-18-20)16(23)22-7-3-6-21(8-9-22)15-5-2-4-14(10-17)19-15/h2,4-5,11-12H,3,6-9H2,1H3. The van der Waals surface area contributed by atoms with Crippen LogP contribution in [-0.2, 0) is 7.05 Å². The molecule has 0 unspecified atom stereocenters. The van der Waals surface area contributed by atoms with Crippen molar-refractivity contribution in [3.8, 4) is 6.07 Å². The highest BCUT2D eigenvalue weighted by atomic mass is 16.2. The normalized spacial score (nSPS) is 15.1. The lowest BCUT2D eigenvalue weighted by Gasteiger charge is -2.22. The van der Waals surface area contributed by atoms with Gasteiger partial charge in [-0.05, 0) is 18.6 Å². The van der Waals surface area contributed by atoms with Crippen LogP contribution >= 0.6 is 0 Å². The minimum atomic E-state index is 0.0127. The van der Waals surface area contributed by atoms with Crippen molar-refractivity contribution in [3.63, 3.8) is 0 Å². The zero-order valence-electron chi connectivity index (χ0n) is 13.0. The number of rotatable bonds is 2. The number of nitrogens with zero attached hydrogens (tertiary/aromatic N) is 6. The fraction of sp³-hybridized carbons (Fsp3) is 0.375. The van der Waals surface area contributed by atoms with Crippen molar-refractivity contribution < 1.29 is 4.79 Å². The van der Waals surface area contributed by atoms with Gasteiger partial charge in [-0.3, -0.25) is 9.48 Å². The predicted molar refractivity (Wildman–Crippen MR) is 84.9 cm³/mol. The van der Waals surface area contributed by atoms with E-state index in [1.807, 2.05) is 17.0 Å². The number of hydrogen-bond donors (Lipinski definition) is 0. The Morgan fingerprint density at radius 3 is 2.87 bits per heavy atom. The van der Waals surface area contributed by atoms with Gasteiger partial charge in [0.25, 0.3) is 5.91 Å². The van der Waals surface area contributed by atoms with Crippen LogP contribution in [-0.4, -0.2) is 51.8 Å². The minimum Gasteiger partial charge on any atom is -0.355 e. The highest BCUT2D eigenvalue weighted by Gasteiger charge is 2.21. The Hall–Kier alpha value is -2.88. The molecule has 1 saturated heterocycles. The molecule has 7 nitrogen and oxygen atoms in total. The molecule has 2 aromatic heterocycles. The summed E-state index contributed by atoms with van der Waals surface area (Å²) in [5.74, 6) is 0.804. The van der Waals surface area contributed by atoms with Crippen LogP contribution in [0.2, 0.25) is 0 Å². The molecule has 2 aromatic rings. The molecule has 7 heteroatoms. The van der Waals surface area contributed by atoms with E-state index in [1.54, 1.807) is 30.2 Å². The number of hydrogen-bond acceptors (Lipinski definition) is 5. The molecule has 3 rings (SSSR count). The summed E-state index contributed by atoms with van der Waals surface area (Å²) in [5.41, 5.74) is 1.03. The Morgan fingerprint density at radius 1 is 1.26 bits per heavy atom. The third-order valence-corrected chi connectivity index (χ3v) is 3.91. The number of aryl methyl sites for hydroxylation is 1. The first-order valence-electron chi connectivity index (χ1n) is 7.57. The van der Waals surface area contributed by atoms with Crippen molar-refractivity contribution in [2.75, 3.05) is 31.1 Å². The summed E-state index contributed by atoms with van der Waals surface area (Å²) < 4.78 is 1.63. The van der Waals surface area contributed by atoms with Gasteiger partial charge in [0.15, 0.2) is 0 Å². The molecule has 118 valence electrons. The maximum Gasteiger partial charge on any atom is 0.257 e. The fourth-order valence-corrected chi connectivity index (χ4v) is 2.73. The lowest BCUT2D eigenvalue weighted by Crippen LogP contribution is -2.35. The minimum absolute atomic E-state index is 0.0127. The third-order valence-electron chi connectivity index (χ3n) is 3.91. The molecule has 0 saturated carbocycles. The van der Waals surface area contributed by atoms with Crippen LogP contribution in [0.25, 0.3) is 0 Å². The number of nitriles is 1. The Morgan fingerprint density at radius 2 is 2.13 bits per heavy atom. The van der Waals surface area contributed by atoms with Crippen molar-refractivity contribution in [2.45, 2.75) is 6.42 Å². The van der Waals surface area contributed by atoms with Crippen molar-refractivity contribution in [1.82, 2.24) is 19.7 Å². The van der Waals surface area contributed by atoms with Gasteiger partial charge in [-0.15, -0.1) is 0 Å². The van der Waals surface area contributed by atoms with Crippen LogP contribution in [0.15, 0.2) is 30.6 Å². The first-order valence-corrected chi connectivity index (χ1v) is 7.57. The van der Waals surface area contributed by atoms with Gasteiger partial charge < -0.3 is 9.80 Å². The summed E-state index contributed by atoms with van der Waals surface area (Å²) in [5, 5.41) is 13.0. The molecule has 0 N–H and O–H groups in total. The number of pyridine rings is 1. The molecule has 1 fully saturated rings. The van der Waals surface area contributed by atoms with Gasteiger partial charge in [-0.25, -0.2) is 4.98 Å². The number of anilines is 1. The molecule has 23 heavy (non-hydrogen) atoms. The summed E-state index contributed by atoms with van der Waals surface area (Å²) >= 11 is 0. The van der Waals surface area contributed by atoms with Crippen LogP contribution in [0.1, 0.15) is 22.5 Å². The largest absolute Gasteiger partial charge is 0.355 e. The SMILES string of the molecule is Cn1cc(C(=O)N2CCCN(c3cccc(C#N)n3)CC2)cn1. The number of carbonyl (C=O) groups excluding carboxylic acids is 1. The molecule has 1 amide bonds. The van der Waals surface area contributed by atoms with Crippen molar-refractivity contribution in [2.24, 2.45) is 7.05 Å². The average Bonchev–Trinajstić information content (AvgIpc) is 2.86. The molecule has 0 atom stereocenters. The highest BCUT2D eigenvalue weighted by Crippen LogP contribution is 2.15. The molecule has 1 aliphatic rings. The number of amides is 1.